The smallest absolute Gasteiger partial charge is 0.411 e. The van der Waals surface area contributed by atoms with Gasteiger partial charge in [0.2, 0.25) is 0 Å². The number of ether oxygens (including phenoxy) is 6. The molecule has 1 aromatic rings. The zero-order chi connectivity index (χ0) is 35.3. The maximum atomic E-state index is 13.3. The van der Waals surface area contributed by atoms with Gasteiger partial charge in [-0.1, -0.05) is 38.2 Å². The summed E-state index contributed by atoms with van der Waals surface area (Å²) in [7, 11) is 5.79. The van der Waals surface area contributed by atoms with Gasteiger partial charge in [0.1, 0.15) is 24.2 Å². The Labute approximate surface area is 275 Å². The number of amides is 3. The van der Waals surface area contributed by atoms with Crippen LogP contribution in [0.15, 0.2) is 41.5 Å². The molecule has 6 atom stereocenters. The van der Waals surface area contributed by atoms with Crippen molar-refractivity contribution in [3.63, 3.8) is 0 Å². The second-order valence-corrected chi connectivity index (χ2v) is 11.4. The minimum absolute atomic E-state index is 0.000915. The number of rotatable bonds is 8. The van der Waals surface area contributed by atoms with Crippen LogP contribution in [0.1, 0.15) is 39.7 Å². The van der Waals surface area contributed by atoms with Crippen LogP contribution in [0, 0.1) is 11.8 Å². The van der Waals surface area contributed by atoms with E-state index in [1.807, 2.05) is 6.92 Å². The molecule has 0 radical (unpaired) electrons. The molecule has 0 unspecified atom stereocenters. The van der Waals surface area contributed by atoms with Crippen molar-refractivity contribution in [1.29, 1.82) is 0 Å². The second kappa shape index (κ2) is 18.9. The summed E-state index contributed by atoms with van der Waals surface area (Å²) in [5.74, 6) is -1.30. The lowest BCUT2D eigenvalue weighted by molar-refractivity contribution is -0.112. The van der Waals surface area contributed by atoms with Gasteiger partial charge in [0.25, 0.3) is 5.91 Å². The van der Waals surface area contributed by atoms with Crippen molar-refractivity contribution in [1.82, 2.24) is 0 Å². The number of nitrogens with two attached hydrogens (primary N) is 1. The number of aliphatic hydroxyl groups excluding tert-OH is 1. The van der Waals surface area contributed by atoms with Gasteiger partial charge in [-0.25, -0.2) is 9.59 Å². The number of benzene rings is 1. The first kappa shape index (κ1) is 39.1. The maximum Gasteiger partial charge on any atom is 0.411 e. The molecule has 14 heteroatoms. The normalized spacial score (nSPS) is 27.3. The van der Waals surface area contributed by atoms with E-state index in [9.17, 15) is 24.6 Å². The Morgan fingerprint density at radius 1 is 1.11 bits per heavy atom. The third kappa shape index (κ3) is 11.3. The van der Waals surface area contributed by atoms with Crippen molar-refractivity contribution in [2.75, 3.05) is 52.3 Å². The minimum Gasteiger partial charge on any atom is -0.505 e. The average Bonchev–Trinajstić information content (AvgIpc) is 3.02. The van der Waals surface area contributed by atoms with Crippen LogP contribution >= 0.6 is 0 Å². The summed E-state index contributed by atoms with van der Waals surface area (Å²) in [6.45, 7) is 7.20. The number of hydrogen-bond donors (Lipinski definition) is 5. The highest BCUT2D eigenvalue weighted by molar-refractivity contribution is 6.05. The van der Waals surface area contributed by atoms with Crippen molar-refractivity contribution in [3.8, 4) is 11.5 Å². The van der Waals surface area contributed by atoms with Crippen LogP contribution in [-0.2, 0) is 34.9 Å². The molecule has 47 heavy (non-hydrogen) atoms. The third-order valence-electron chi connectivity index (χ3n) is 7.76. The first-order valence-electron chi connectivity index (χ1n) is 15.2. The fraction of sp³-hybridized carbons (Fsp3) is 0.545. The van der Waals surface area contributed by atoms with Crippen LogP contribution in [0.5, 0.6) is 11.5 Å². The molecule has 1 aliphatic heterocycles. The molecular formula is C33H49N3O11. The minimum atomic E-state index is -1.01. The highest BCUT2D eigenvalue weighted by Gasteiger charge is 2.30. The molecule has 6 N–H and O–H groups in total. The van der Waals surface area contributed by atoms with Crippen LogP contribution in [0.2, 0.25) is 0 Å². The van der Waals surface area contributed by atoms with E-state index in [1.165, 1.54) is 40.6 Å². The molecule has 2 rings (SSSR count). The van der Waals surface area contributed by atoms with Gasteiger partial charge in [-0.05, 0) is 44.2 Å². The fourth-order valence-electron chi connectivity index (χ4n) is 5.29. The monoisotopic (exact) mass is 663 g/mol. The van der Waals surface area contributed by atoms with Crippen molar-refractivity contribution >= 4 is 29.5 Å². The highest BCUT2D eigenvalue weighted by atomic mass is 16.6. The van der Waals surface area contributed by atoms with Gasteiger partial charge in [0.15, 0.2) is 6.10 Å². The molecule has 3 amide bonds. The molecular weight excluding hydrogens is 614 g/mol. The molecule has 0 aromatic heterocycles. The van der Waals surface area contributed by atoms with E-state index in [1.54, 1.807) is 39.0 Å². The number of phenolic OH excluding ortho intramolecular Hbond substituents is 1. The van der Waals surface area contributed by atoms with Crippen LogP contribution in [0.25, 0.3) is 0 Å². The van der Waals surface area contributed by atoms with E-state index in [2.05, 4.69) is 10.6 Å². The number of allylic oxidation sites excluding steroid dienone is 2. The van der Waals surface area contributed by atoms with Gasteiger partial charge in [-0.3, -0.25) is 10.1 Å². The topological polar surface area (TPSA) is 197 Å². The lowest BCUT2D eigenvalue weighted by Crippen LogP contribution is -2.37. The van der Waals surface area contributed by atoms with Gasteiger partial charge in [-0.15, -0.1) is 0 Å². The first-order valence-corrected chi connectivity index (χ1v) is 15.2. The van der Waals surface area contributed by atoms with E-state index in [0.29, 0.717) is 17.6 Å². The lowest BCUT2D eigenvalue weighted by atomic mass is 9.87. The predicted molar refractivity (Wildman–Crippen MR) is 175 cm³/mol. The molecule has 0 spiro atoms. The number of fused-ring (bicyclic) bond motifs is 2. The quantitative estimate of drug-likeness (QED) is 0.116. The number of nitrogens with one attached hydrogen (secondary N) is 2. The molecule has 1 aromatic carbocycles. The van der Waals surface area contributed by atoms with Crippen LogP contribution in [0.3, 0.4) is 0 Å². The molecule has 1 aliphatic rings. The zero-order valence-corrected chi connectivity index (χ0v) is 28.3. The van der Waals surface area contributed by atoms with Gasteiger partial charge in [-0.2, -0.15) is 0 Å². The van der Waals surface area contributed by atoms with Gasteiger partial charge >= 0.3 is 12.2 Å². The number of aliphatic hydroxyl groups is 1. The standard InChI is InChI=1S/C33H49N3O11/c1-18-14-22-28(38)23(17-24(30(22)45-8)36-33(41)46-13-12-42-5)35-31(39)19(2)10-9-11-25(43-6)29(47-32(34)40)21(4)16-20(3)27(37)26(15-18)44-7/h9-11,16-18,20,25-27,29,37-38H,12-15H2,1-8H3,(H2,34,40)(H,35,39)(H,36,41)/b11-9-,19-10+,21-16+/t18-,20+,25+,26+,27-,29+/m1/s1. The van der Waals surface area contributed by atoms with Gasteiger partial charge in [0, 0.05) is 38.4 Å². The number of primary amides is 1. The first-order chi connectivity index (χ1) is 22.3. The summed E-state index contributed by atoms with van der Waals surface area (Å²) in [4.78, 5) is 37.6. The largest absolute Gasteiger partial charge is 0.505 e. The molecule has 2 bridgehead atoms. The zero-order valence-electron chi connectivity index (χ0n) is 28.3. The summed E-state index contributed by atoms with van der Waals surface area (Å²) >= 11 is 0. The maximum absolute atomic E-state index is 13.3. The predicted octanol–water partition coefficient (Wildman–Crippen LogP) is 4.06. The van der Waals surface area contributed by atoms with E-state index >= 15 is 0 Å². The van der Waals surface area contributed by atoms with Gasteiger partial charge in [0.05, 0.1) is 37.3 Å². The summed E-state index contributed by atoms with van der Waals surface area (Å²) in [6.07, 6.45) is 1.86. The Kier molecular flexibility index (Phi) is 15.7. The van der Waals surface area contributed by atoms with Crippen molar-refractivity contribution < 1.29 is 53.0 Å². The lowest BCUT2D eigenvalue weighted by Gasteiger charge is -2.29. The average molecular weight is 664 g/mol. The highest BCUT2D eigenvalue weighted by Crippen LogP contribution is 2.43. The van der Waals surface area contributed by atoms with Crippen molar-refractivity contribution in [3.05, 3.63) is 47.1 Å². The third-order valence-corrected chi connectivity index (χ3v) is 7.76. The number of anilines is 2. The number of hydrogen-bond acceptors (Lipinski definition) is 11. The Morgan fingerprint density at radius 3 is 2.40 bits per heavy atom. The van der Waals surface area contributed by atoms with Crippen molar-refractivity contribution in [2.24, 2.45) is 17.6 Å². The number of aromatic hydroxyl groups is 1. The van der Waals surface area contributed by atoms with E-state index in [-0.39, 0.29) is 54.0 Å². The molecule has 0 aliphatic carbocycles. The Bertz CT molecular complexity index is 1330. The Balaban J connectivity index is 2.70. The summed E-state index contributed by atoms with van der Waals surface area (Å²) in [5, 5.41) is 28.1. The Hall–Kier alpha value is -4.11. The summed E-state index contributed by atoms with van der Waals surface area (Å²) in [6, 6.07) is 1.37. The van der Waals surface area contributed by atoms with Crippen LogP contribution in [0.4, 0.5) is 21.0 Å². The van der Waals surface area contributed by atoms with Gasteiger partial charge < -0.3 is 49.7 Å². The molecule has 1 heterocycles. The van der Waals surface area contributed by atoms with E-state index < -0.39 is 48.4 Å². The van der Waals surface area contributed by atoms with E-state index in [0.717, 1.165) is 0 Å². The van der Waals surface area contributed by atoms with E-state index in [4.69, 9.17) is 34.2 Å². The molecule has 262 valence electrons. The fourth-order valence-corrected chi connectivity index (χ4v) is 5.29. The number of carbonyl (C=O) groups excluding carboxylic acids is 3. The van der Waals surface area contributed by atoms with Crippen LogP contribution in [-0.4, -0.2) is 94.4 Å². The SMILES string of the molecule is COCCOC(=O)Nc1cc2c(O)c(c1OC)C[C@@H](C)C[C@H](OC)[C@H](O)[C@@H](C)/C=C(\C)[C@H](OC(N)=O)[C@@H](OC)/C=C\C=C(/C)C(=O)N2. The molecule has 0 fully saturated rings. The second-order valence-electron chi connectivity index (χ2n) is 11.4. The molecule has 0 saturated carbocycles. The number of carbonyl (C=O) groups is 3. The van der Waals surface area contributed by atoms with Crippen LogP contribution < -0.4 is 21.1 Å². The number of methoxy groups -OCH3 is 4. The Morgan fingerprint density at radius 2 is 1.81 bits per heavy atom. The van der Waals surface area contributed by atoms with Crippen molar-refractivity contribution in [2.45, 2.75) is 65.0 Å². The molecule has 14 nitrogen and oxygen atoms in total. The molecule has 0 saturated heterocycles. The summed E-state index contributed by atoms with van der Waals surface area (Å²) in [5.41, 5.74) is 6.68. The summed E-state index contributed by atoms with van der Waals surface area (Å²) < 4.78 is 32.4. The number of phenols is 1.